The smallest absolute Gasteiger partial charge is 0.227 e. The molecule has 0 saturated carbocycles. The second-order valence-corrected chi connectivity index (χ2v) is 7.11. The van der Waals surface area contributed by atoms with Gasteiger partial charge in [-0.2, -0.15) is 0 Å². The monoisotopic (exact) mass is 334 g/mol. The maximum absolute atomic E-state index is 12.6. The van der Waals surface area contributed by atoms with Crippen molar-refractivity contribution in [1.82, 2.24) is 9.88 Å². The summed E-state index contributed by atoms with van der Waals surface area (Å²) in [6.45, 7) is 7.85. The third-order valence-electron chi connectivity index (χ3n) is 4.80. The van der Waals surface area contributed by atoms with Crippen LogP contribution < -0.4 is 0 Å². The molecular formula is C22H26N2O. The van der Waals surface area contributed by atoms with Gasteiger partial charge < -0.3 is 4.90 Å². The summed E-state index contributed by atoms with van der Waals surface area (Å²) in [6, 6.07) is 12.6. The lowest BCUT2D eigenvalue weighted by Crippen LogP contribution is -2.35. The van der Waals surface area contributed by atoms with Crippen LogP contribution in [-0.4, -0.2) is 28.9 Å². The van der Waals surface area contributed by atoms with Gasteiger partial charge in [-0.25, -0.2) is 0 Å². The van der Waals surface area contributed by atoms with E-state index in [-0.39, 0.29) is 5.91 Å². The van der Waals surface area contributed by atoms with Gasteiger partial charge in [0.25, 0.3) is 0 Å². The highest BCUT2D eigenvalue weighted by Gasteiger charge is 2.18. The van der Waals surface area contributed by atoms with Gasteiger partial charge in [-0.15, -0.1) is 0 Å². The Morgan fingerprint density at radius 3 is 2.48 bits per heavy atom. The number of pyridine rings is 1. The second-order valence-electron chi connectivity index (χ2n) is 7.11. The molecule has 0 unspecified atom stereocenters. The van der Waals surface area contributed by atoms with Gasteiger partial charge in [-0.1, -0.05) is 50.3 Å². The van der Waals surface area contributed by atoms with E-state index in [0.29, 0.717) is 18.9 Å². The highest BCUT2D eigenvalue weighted by Crippen LogP contribution is 2.21. The molecule has 1 aliphatic rings. The van der Waals surface area contributed by atoms with Crippen molar-refractivity contribution < 1.29 is 4.79 Å². The number of carbonyl (C=O) groups excluding carboxylic acids is 1. The minimum absolute atomic E-state index is 0.199. The van der Waals surface area contributed by atoms with E-state index in [1.54, 1.807) is 0 Å². The van der Waals surface area contributed by atoms with Gasteiger partial charge in [0.1, 0.15) is 0 Å². The number of amides is 1. The number of aromatic nitrogens is 1. The molecule has 0 radical (unpaired) electrons. The molecular weight excluding hydrogens is 308 g/mol. The SMILES string of the molecule is Cc1ccc(C2=CCN(C(=O)Cc3ccc(C(C)C)cc3)CC2)nc1. The van der Waals surface area contributed by atoms with Crippen molar-refractivity contribution in [2.75, 3.05) is 13.1 Å². The lowest BCUT2D eigenvalue weighted by Gasteiger charge is -2.26. The molecule has 1 aromatic carbocycles. The Kier molecular flexibility index (Phi) is 5.32. The predicted octanol–water partition coefficient (Wildman–Crippen LogP) is 4.37. The number of aryl methyl sites for hydroxylation is 1. The summed E-state index contributed by atoms with van der Waals surface area (Å²) >= 11 is 0. The lowest BCUT2D eigenvalue weighted by molar-refractivity contribution is -0.130. The Morgan fingerprint density at radius 2 is 1.92 bits per heavy atom. The molecule has 2 aromatic rings. The van der Waals surface area contributed by atoms with Crippen molar-refractivity contribution in [2.24, 2.45) is 0 Å². The standard InChI is InChI=1S/C22H26N2O/c1-16(2)19-7-5-18(6-8-19)14-22(25)24-12-10-20(11-13-24)21-9-4-17(3)15-23-21/h4-10,15-16H,11-14H2,1-3H3. The van der Waals surface area contributed by atoms with Crippen LogP contribution in [0.1, 0.15) is 48.6 Å². The highest BCUT2D eigenvalue weighted by atomic mass is 16.2. The van der Waals surface area contributed by atoms with Gasteiger partial charge in [-0.05, 0) is 47.6 Å². The Morgan fingerprint density at radius 1 is 1.16 bits per heavy atom. The van der Waals surface area contributed by atoms with Crippen molar-refractivity contribution in [2.45, 2.75) is 39.5 Å². The van der Waals surface area contributed by atoms with Crippen LogP contribution in [0.5, 0.6) is 0 Å². The summed E-state index contributed by atoms with van der Waals surface area (Å²) in [5.41, 5.74) is 5.84. The average molecular weight is 334 g/mol. The Labute approximate surface area is 150 Å². The minimum Gasteiger partial charge on any atom is -0.338 e. The Bertz CT molecular complexity index is 758. The summed E-state index contributed by atoms with van der Waals surface area (Å²) in [7, 11) is 0. The molecule has 0 saturated heterocycles. The van der Waals surface area contributed by atoms with E-state index in [2.05, 4.69) is 61.3 Å². The van der Waals surface area contributed by atoms with Crippen LogP contribution in [-0.2, 0) is 11.2 Å². The van der Waals surface area contributed by atoms with Gasteiger partial charge in [0.05, 0.1) is 12.1 Å². The molecule has 3 rings (SSSR count). The van der Waals surface area contributed by atoms with E-state index < -0.39 is 0 Å². The molecule has 0 fully saturated rings. The first-order valence-electron chi connectivity index (χ1n) is 9.01. The fourth-order valence-corrected chi connectivity index (χ4v) is 3.09. The molecule has 0 N–H and O–H groups in total. The van der Waals surface area contributed by atoms with Crippen LogP contribution in [0.4, 0.5) is 0 Å². The minimum atomic E-state index is 0.199. The molecule has 3 heteroatoms. The molecule has 1 aromatic heterocycles. The number of carbonyl (C=O) groups is 1. The third kappa shape index (κ3) is 4.36. The molecule has 0 aliphatic carbocycles. The molecule has 1 aliphatic heterocycles. The summed E-state index contributed by atoms with van der Waals surface area (Å²) < 4.78 is 0. The lowest BCUT2D eigenvalue weighted by atomic mass is 10.00. The fraction of sp³-hybridized carbons (Fsp3) is 0.364. The highest BCUT2D eigenvalue weighted by molar-refractivity contribution is 5.80. The Balaban J connectivity index is 1.60. The van der Waals surface area contributed by atoms with Crippen molar-refractivity contribution in [3.63, 3.8) is 0 Å². The predicted molar refractivity (Wildman–Crippen MR) is 102 cm³/mol. The number of rotatable bonds is 4. The van der Waals surface area contributed by atoms with Crippen LogP contribution in [0.25, 0.3) is 5.57 Å². The first kappa shape index (κ1) is 17.4. The zero-order chi connectivity index (χ0) is 17.8. The molecule has 0 bridgehead atoms. The molecule has 0 atom stereocenters. The van der Waals surface area contributed by atoms with Crippen molar-refractivity contribution in [3.05, 3.63) is 71.1 Å². The molecule has 1 amide bonds. The van der Waals surface area contributed by atoms with E-state index in [0.717, 1.165) is 24.2 Å². The fourth-order valence-electron chi connectivity index (χ4n) is 3.09. The van der Waals surface area contributed by atoms with E-state index in [1.165, 1.54) is 16.7 Å². The molecule has 2 heterocycles. The summed E-state index contributed by atoms with van der Waals surface area (Å²) in [5, 5.41) is 0. The number of nitrogens with zero attached hydrogens (tertiary/aromatic N) is 2. The van der Waals surface area contributed by atoms with Gasteiger partial charge in [0.2, 0.25) is 5.91 Å². The molecule has 3 nitrogen and oxygen atoms in total. The Hall–Kier alpha value is -2.42. The van der Waals surface area contributed by atoms with Gasteiger partial charge in [-0.3, -0.25) is 9.78 Å². The van der Waals surface area contributed by atoms with Gasteiger partial charge >= 0.3 is 0 Å². The topological polar surface area (TPSA) is 33.2 Å². The van der Waals surface area contributed by atoms with Gasteiger partial charge in [0.15, 0.2) is 0 Å². The van der Waals surface area contributed by atoms with Crippen LogP contribution in [0.3, 0.4) is 0 Å². The van der Waals surface area contributed by atoms with E-state index >= 15 is 0 Å². The summed E-state index contributed by atoms with van der Waals surface area (Å²) in [4.78, 5) is 19.0. The summed E-state index contributed by atoms with van der Waals surface area (Å²) in [5.74, 6) is 0.718. The largest absolute Gasteiger partial charge is 0.338 e. The second kappa shape index (κ2) is 7.64. The van der Waals surface area contributed by atoms with Crippen molar-refractivity contribution >= 4 is 11.5 Å². The normalized spacial score (nSPS) is 14.6. The molecule has 0 spiro atoms. The zero-order valence-corrected chi connectivity index (χ0v) is 15.3. The van der Waals surface area contributed by atoms with E-state index in [4.69, 9.17) is 0 Å². The maximum atomic E-state index is 12.6. The number of hydrogen-bond donors (Lipinski definition) is 0. The van der Waals surface area contributed by atoms with Crippen LogP contribution in [0.15, 0.2) is 48.7 Å². The third-order valence-corrected chi connectivity index (χ3v) is 4.80. The van der Waals surface area contributed by atoms with Crippen molar-refractivity contribution in [3.8, 4) is 0 Å². The van der Waals surface area contributed by atoms with E-state index in [9.17, 15) is 4.79 Å². The van der Waals surface area contributed by atoms with Crippen LogP contribution >= 0.6 is 0 Å². The van der Waals surface area contributed by atoms with Crippen molar-refractivity contribution in [1.29, 1.82) is 0 Å². The first-order chi connectivity index (χ1) is 12.0. The quantitative estimate of drug-likeness (QED) is 0.832. The molecule has 25 heavy (non-hydrogen) atoms. The van der Waals surface area contributed by atoms with Crippen LogP contribution in [0.2, 0.25) is 0 Å². The number of hydrogen-bond acceptors (Lipinski definition) is 2. The van der Waals surface area contributed by atoms with Crippen LogP contribution in [0, 0.1) is 6.92 Å². The first-order valence-corrected chi connectivity index (χ1v) is 9.01. The zero-order valence-electron chi connectivity index (χ0n) is 15.3. The van der Waals surface area contributed by atoms with Gasteiger partial charge in [0, 0.05) is 19.3 Å². The average Bonchev–Trinajstić information content (AvgIpc) is 2.63. The molecule has 130 valence electrons. The maximum Gasteiger partial charge on any atom is 0.227 e. The number of benzene rings is 1. The summed E-state index contributed by atoms with van der Waals surface area (Å²) in [6.07, 6.45) is 5.38. The van der Waals surface area contributed by atoms with E-state index in [1.807, 2.05) is 18.0 Å².